The molecule has 0 aromatic heterocycles. The fraction of sp³-hybridized carbons (Fsp3) is 0.571. The fourth-order valence-electron chi connectivity index (χ4n) is 2.03. The summed E-state index contributed by atoms with van der Waals surface area (Å²) in [5, 5.41) is 23.6. The number of hydrogen-bond acceptors (Lipinski definition) is 4. The van der Waals surface area contributed by atoms with Crippen LogP contribution in [0.5, 0.6) is 0 Å². The van der Waals surface area contributed by atoms with Crippen molar-refractivity contribution >= 4 is 5.69 Å². The summed E-state index contributed by atoms with van der Waals surface area (Å²) in [6, 6.07) is 3.36. The van der Waals surface area contributed by atoms with Crippen molar-refractivity contribution in [3.8, 4) is 0 Å². The summed E-state index contributed by atoms with van der Waals surface area (Å²) in [5.41, 5.74) is 0.161. The lowest BCUT2D eigenvalue weighted by Crippen LogP contribution is -2.30. The topological polar surface area (TPSA) is 75.4 Å². The highest BCUT2D eigenvalue weighted by Gasteiger charge is 2.17. The van der Waals surface area contributed by atoms with Crippen molar-refractivity contribution < 1.29 is 14.4 Å². The number of nitrogens with zero attached hydrogens (tertiary/aromatic N) is 1. The second-order valence-electron chi connectivity index (χ2n) is 6.08. The summed E-state index contributed by atoms with van der Waals surface area (Å²) in [6.45, 7) is 6.52. The molecule has 1 rings (SSSR count). The number of nitrogens with one attached hydrogen (secondary N) is 1. The summed E-state index contributed by atoms with van der Waals surface area (Å²) in [7, 11) is 0. The van der Waals surface area contributed by atoms with Crippen LogP contribution in [0.3, 0.4) is 0 Å². The van der Waals surface area contributed by atoms with Crippen LogP contribution >= 0.6 is 0 Å². The van der Waals surface area contributed by atoms with E-state index < -0.39 is 16.8 Å². The van der Waals surface area contributed by atoms with Crippen LogP contribution in [0.1, 0.15) is 32.8 Å². The summed E-state index contributed by atoms with van der Waals surface area (Å²) >= 11 is 0. The molecule has 0 heterocycles. The zero-order chi connectivity index (χ0) is 15.3. The smallest absolute Gasteiger partial charge is 0.274 e. The Bertz CT molecular complexity index is 472. The van der Waals surface area contributed by atoms with Crippen LogP contribution in [-0.4, -0.2) is 22.7 Å². The van der Waals surface area contributed by atoms with Crippen LogP contribution in [-0.2, 0) is 6.54 Å². The average molecular weight is 284 g/mol. The predicted octanol–water partition coefficient (Wildman–Crippen LogP) is 2.62. The third-order valence-electron chi connectivity index (χ3n) is 2.78. The molecule has 6 heteroatoms. The standard InChI is InChI=1S/C14H21FN2O3/c1-14(2,3)7-12(18)9-16-8-10-6-11(15)4-5-13(10)17(19)20/h4-6,12,16,18H,7-9H2,1-3H3. The highest BCUT2D eigenvalue weighted by molar-refractivity contribution is 5.40. The highest BCUT2D eigenvalue weighted by atomic mass is 19.1. The number of aliphatic hydroxyl groups is 1. The van der Waals surface area contributed by atoms with Gasteiger partial charge in [-0.3, -0.25) is 10.1 Å². The molecule has 0 fully saturated rings. The van der Waals surface area contributed by atoms with E-state index in [1.807, 2.05) is 20.8 Å². The maximum Gasteiger partial charge on any atom is 0.274 e. The van der Waals surface area contributed by atoms with E-state index in [0.29, 0.717) is 13.0 Å². The summed E-state index contributed by atoms with van der Waals surface area (Å²) in [6.07, 6.45) is 0.0771. The molecule has 1 atom stereocenters. The van der Waals surface area contributed by atoms with Gasteiger partial charge in [0.15, 0.2) is 0 Å². The Labute approximate surface area is 118 Å². The molecule has 112 valence electrons. The number of nitro groups is 1. The van der Waals surface area contributed by atoms with Gasteiger partial charge in [0.2, 0.25) is 0 Å². The van der Waals surface area contributed by atoms with Gasteiger partial charge < -0.3 is 10.4 Å². The van der Waals surface area contributed by atoms with Crippen molar-refractivity contribution in [2.45, 2.75) is 39.8 Å². The van der Waals surface area contributed by atoms with Crippen molar-refractivity contribution in [2.75, 3.05) is 6.54 Å². The lowest BCUT2D eigenvalue weighted by Gasteiger charge is -2.22. The molecule has 1 aromatic rings. The molecular formula is C14H21FN2O3. The Morgan fingerprint density at radius 2 is 2.10 bits per heavy atom. The summed E-state index contributed by atoms with van der Waals surface area (Å²) < 4.78 is 13.1. The first-order chi connectivity index (χ1) is 9.19. The molecule has 0 aliphatic carbocycles. The first-order valence-corrected chi connectivity index (χ1v) is 6.50. The second kappa shape index (κ2) is 6.76. The molecule has 0 saturated carbocycles. The first-order valence-electron chi connectivity index (χ1n) is 6.50. The van der Waals surface area contributed by atoms with Crippen molar-refractivity contribution in [1.82, 2.24) is 5.32 Å². The number of hydrogen-bond donors (Lipinski definition) is 2. The third kappa shape index (κ3) is 5.63. The van der Waals surface area contributed by atoms with E-state index in [0.717, 1.165) is 18.2 Å². The van der Waals surface area contributed by atoms with Crippen LogP contribution in [0.4, 0.5) is 10.1 Å². The van der Waals surface area contributed by atoms with Gasteiger partial charge in [0.05, 0.1) is 11.0 Å². The minimum absolute atomic E-state index is 0.00590. The third-order valence-corrected chi connectivity index (χ3v) is 2.78. The van der Waals surface area contributed by atoms with E-state index in [9.17, 15) is 19.6 Å². The Hall–Kier alpha value is -1.53. The summed E-state index contributed by atoms with van der Waals surface area (Å²) in [4.78, 5) is 10.3. The molecule has 20 heavy (non-hydrogen) atoms. The van der Waals surface area contributed by atoms with E-state index in [1.54, 1.807) is 0 Å². The lowest BCUT2D eigenvalue weighted by molar-refractivity contribution is -0.385. The summed E-state index contributed by atoms with van der Waals surface area (Å²) in [5.74, 6) is -0.511. The Morgan fingerprint density at radius 3 is 2.65 bits per heavy atom. The normalized spacial score (nSPS) is 13.2. The van der Waals surface area contributed by atoms with Gasteiger partial charge in [0.25, 0.3) is 5.69 Å². The lowest BCUT2D eigenvalue weighted by atomic mass is 9.89. The maximum atomic E-state index is 13.1. The average Bonchev–Trinajstić information content (AvgIpc) is 2.26. The molecule has 5 nitrogen and oxygen atoms in total. The van der Waals surface area contributed by atoms with Crippen LogP contribution in [0.25, 0.3) is 0 Å². The first kappa shape index (κ1) is 16.5. The van der Waals surface area contributed by atoms with Crippen LogP contribution in [0, 0.1) is 21.3 Å². The molecule has 0 amide bonds. The largest absolute Gasteiger partial charge is 0.392 e. The Balaban J connectivity index is 2.58. The monoisotopic (exact) mass is 284 g/mol. The van der Waals surface area contributed by atoms with Gasteiger partial charge in [-0.25, -0.2) is 4.39 Å². The minimum Gasteiger partial charge on any atom is -0.392 e. The van der Waals surface area contributed by atoms with Crippen LogP contribution < -0.4 is 5.32 Å². The Kier molecular flexibility index (Phi) is 5.59. The molecule has 2 N–H and O–H groups in total. The van der Waals surface area contributed by atoms with Gasteiger partial charge in [-0.05, 0) is 24.0 Å². The van der Waals surface area contributed by atoms with E-state index in [1.165, 1.54) is 0 Å². The number of benzene rings is 1. The van der Waals surface area contributed by atoms with E-state index >= 15 is 0 Å². The van der Waals surface area contributed by atoms with Crippen molar-refractivity contribution in [2.24, 2.45) is 5.41 Å². The van der Waals surface area contributed by atoms with Crippen LogP contribution in [0.2, 0.25) is 0 Å². The Morgan fingerprint density at radius 1 is 1.45 bits per heavy atom. The number of halogens is 1. The quantitative estimate of drug-likeness (QED) is 0.622. The SMILES string of the molecule is CC(C)(C)CC(O)CNCc1cc(F)ccc1[N+](=O)[O-]. The predicted molar refractivity (Wildman–Crippen MR) is 74.8 cm³/mol. The number of aliphatic hydroxyl groups excluding tert-OH is 1. The zero-order valence-corrected chi connectivity index (χ0v) is 12.0. The van der Waals surface area contributed by atoms with Gasteiger partial charge in [0, 0.05) is 24.7 Å². The zero-order valence-electron chi connectivity index (χ0n) is 12.0. The highest BCUT2D eigenvalue weighted by Crippen LogP contribution is 2.21. The second-order valence-corrected chi connectivity index (χ2v) is 6.08. The van der Waals surface area contributed by atoms with Gasteiger partial charge in [-0.15, -0.1) is 0 Å². The van der Waals surface area contributed by atoms with Gasteiger partial charge in [-0.2, -0.15) is 0 Å². The molecule has 0 saturated heterocycles. The van der Waals surface area contributed by atoms with Gasteiger partial charge in [0.1, 0.15) is 5.82 Å². The molecule has 0 spiro atoms. The van der Waals surface area contributed by atoms with Crippen molar-refractivity contribution in [1.29, 1.82) is 0 Å². The van der Waals surface area contributed by atoms with Crippen molar-refractivity contribution in [3.05, 3.63) is 39.7 Å². The van der Waals surface area contributed by atoms with Crippen molar-refractivity contribution in [3.63, 3.8) is 0 Å². The molecule has 1 aromatic carbocycles. The fourth-order valence-corrected chi connectivity index (χ4v) is 2.03. The number of rotatable bonds is 6. The molecule has 0 aliphatic heterocycles. The van der Waals surface area contributed by atoms with E-state index in [-0.39, 0.29) is 23.2 Å². The van der Waals surface area contributed by atoms with Gasteiger partial charge in [-0.1, -0.05) is 20.8 Å². The molecule has 0 radical (unpaired) electrons. The maximum absolute atomic E-state index is 13.1. The van der Waals surface area contributed by atoms with Crippen LogP contribution in [0.15, 0.2) is 18.2 Å². The van der Waals surface area contributed by atoms with E-state index in [2.05, 4.69) is 5.32 Å². The molecular weight excluding hydrogens is 263 g/mol. The van der Waals surface area contributed by atoms with E-state index in [4.69, 9.17) is 0 Å². The molecule has 0 bridgehead atoms. The minimum atomic E-state index is -0.540. The molecule has 1 unspecified atom stereocenters. The van der Waals surface area contributed by atoms with Gasteiger partial charge >= 0.3 is 0 Å². The molecule has 0 aliphatic rings. The number of nitro benzene ring substituents is 1.